The van der Waals surface area contributed by atoms with Gasteiger partial charge in [-0.2, -0.15) is 0 Å². The van der Waals surface area contributed by atoms with E-state index in [-0.39, 0.29) is 0 Å². The van der Waals surface area contributed by atoms with Crippen LogP contribution in [-0.2, 0) is 11.4 Å². The number of aryl methyl sites for hydroxylation is 1. The monoisotopic (exact) mass is 170 g/mol. The first kappa shape index (κ1) is 8.39. The quantitative estimate of drug-likeness (QED) is 0.477. The summed E-state index contributed by atoms with van der Waals surface area (Å²) in [7, 11) is 0. The van der Waals surface area contributed by atoms with Crippen LogP contribution in [0.4, 0.5) is 5.69 Å². The summed E-state index contributed by atoms with van der Waals surface area (Å²) in [6.07, 6.45) is 0. The number of nitrogens with two attached hydrogens (primary N) is 2. The summed E-state index contributed by atoms with van der Waals surface area (Å²) in [4.78, 5) is 0.608. The van der Waals surface area contributed by atoms with Crippen molar-refractivity contribution in [1.29, 1.82) is 0 Å². The van der Waals surface area contributed by atoms with E-state index in [4.69, 9.17) is 10.9 Å². The molecule has 1 aromatic rings. The molecule has 0 aliphatic carbocycles. The lowest BCUT2D eigenvalue weighted by molar-refractivity contribution is 0.596. The third kappa shape index (κ3) is 1.86. The van der Waals surface area contributed by atoms with Crippen LogP contribution in [0.3, 0.4) is 0 Å². The van der Waals surface area contributed by atoms with E-state index in [1.54, 1.807) is 18.2 Å². The first-order chi connectivity index (χ1) is 5.11. The molecule has 1 atom stereocenters. The Morgan fingerprint density at radius 1 is 1.45 bits per heavy atom. The Kier molecular flexibility index (Phi) is 2.38. The highest BCUT2D eigenvalue weighted by molar-refractivity contribution is 7.89. The Balaban J connectivity index is 3.05. The SMILES string of the molecule is Cc1cc([S+](N)[O-])ccc1N. The maximum Gasteiger partial charge on any atom is 0.174 e. The van der Waals surface area contributed by atoms with Crippen molar-refractivity contribution in [3.8, 4) is 0 Å². The molecule has 0 aliphatic rings. The molecule has 0 bridgehead atoms. The van der Waals surface area contributed by atoms with Crippen LogP contribution >= 0.6 is 0 Å². The average Bonchev–Trinajstić information content (AvgIpc) is 1.94. The molecule has 0 amide bonds. The van der Waals surface area contributed by atoms with Gasteiger partial charge < -0.3 is 10.3 Å². The van der Waals surface area contributed by atoms with Crippen molar-refractivity contribution in [2.75, 3.05) is 5.73 Å². The van der Waals surface area contributed by atoms with Crippen LogP contribution in [0.2, 0.25) is 0 Å². The molecule has 4 N–H and O–H groups in total. The van der Waals surface area contributed by atoms with Crippen molar-refractivity contribution in [2.45, 2.75) is 11.8 Å². The fraction of sp³-hybridized carbons (Fsp3) is 0.143. The van der Waals surface area contributed by atoms with Gasteiger partial charge in [0.15, 0.2) is 4.90 Å². The molecular weight excluding hydrogens is 160 g/mol. The third-order valence-electron chi connectivity index (χ3n) is 1.47. The maximum absolute atomic E-state index is 10.8. The zero-order valence-electron chi connectivity index (χ0n) is 6.20. The highest BCUT2D eigenvalue weighted by atomic mass is 32.2. The molecule has 0 fully saturated rings. The summed E-state index contributed by atoms with van der Waals surface area (Å²) < 4.78 is 10.8. The molecule has 0 aliphatic heterocycles. The first-order valence-electron chi connectivity index (χ1n) is 3.13. The molecule has 1 unspecified atom stereocenters. The summed E-state index contributed by atoms with van der Waals surface area (Å²) in [5.41, 5.74) is 7.15. The van der Waals surface area contributed by atoms with Crippen molar-refractivity contribution < 1.29 is 4.55 Å². The minimum atomic E-state index is -1.40. The van der Waals surface area contributed by atoms with Gasteiger partial charge in [0.05, 0.1) is 11.4 Å². The van der Waals surface area contributed by atoms with Gasteiger partial charge in [-0.05, 0) is 24.6 Å². The lowest BCUT2D eigenvalue weighted by atomic mass is 10.2. The zero-order chi connectivity index (χ0) is 8.43. The Labute approximate surface area is 68.7 Å². The van der Waals surface area contributed by atoms with Crippen LogP contribution in [0.25, 0.3) is 0 Å². The van der Waals surface area contributed by atoms with E-state index < -0.39 is 11.4 Å². The second kappa shape index (κ2) is 3.13. The Hall–Kier alpha value is -0.710. The van der Waals surface area contributed by atoms with Crippen molar-refractivity contribution in [3.05, 3.63) is 23.8 Å². The van der Waals surface area contributed by atoms with Crippen LogP contribution in [0.15, 0.2) is 23.1 Å². The molecular formula is C7H10N2OS. The minimum Gasteiger partial charge on any atom is -0.593 e. The fourth-order valence-electron chi connectivity index (χ4n) is 0.773. The minimum absolute atomic E-state index is 0.608. The van der Waals surface area contributed by atoms with Gasteiger partial charge in [-0.1, -0.05) is 0 Å². The van der Waals surface area contributed by atoms with E-state index >= 15 is 0 Å². The molecule has 11 heavy (non-hydrogen) atoms. The van der Waals surface area contributed by atoms with Gasteiger partial charge in [0.2, 0.25) is 0 Å². The van der Waals surface area contributed by atoms with Gasteiger partial charge in [-0.25, -0.2) is 0 Å². The molecule has 0 aromatic heterocycles. The number of hydrogen-bond donors (Lipinski definition) is 2. The van der Waals surface area contributed by atoms with Crippen LogP contribution < -0.4 is 10.9 Å². The van der Waals surface area contributed by atoms with E-state index in [0.717, 1.165) is 5.56 Å². The van der Waals surface area contributed by atoms with Crippen molar-refractivity contribution in [1.82, 2.24) is 0 Å². The van der Waals surface area contributed by atoms with Crippen LogP contribution in [0.1, 0.15) is 5.56 Å². The number of hydrogen-bond acceptors (Lipinski definition) is 3. The second-order valence-electron chi connectivity index (χ2n) is 2.32. The molecule has 0 spiro atoms. The lowest BCUT2D eigenvalue weighted by Crippen LogP contribution is -2.12. The normalized spacial score (nSPS) is 13.0. The topological polar surface area (TPSA) is 75.1 Å². The van der Waals surface area contributed by atoms with Crippen LogP contribution in [0.5, 0.6) is 0 Å². The first-order valence-corrected chi connectivity index (χ1v) is 4.35. The molecule has 4 heteroatoms. The van der Waals surface area contributed by atoms with Gasteiger partial charge in [0.25, 0.3) is 0 Å². The molecule has 3 nitrogen and oxygen atoms in total. The van der Waals surface area contributed by atoms with E-state index in [2.05, 4.69) is 0 Å². The fourth-order valence-corrected chi connectivity index (χ4v) is 1.27. The summed E-state index contributed by atoms with van der Waals surface area (Å²) in [5.74, 6) is 0. The average molecular weight is 170 g/mol. The Morgan fingerprint density at radius 3 is 2.55 bits per heavy atom. The lowest BCUT2D eigenvalue weighted by Gasteiger charge is -2.04. The van der Waals surface area contributed by atoms with E-state index in [1.807, 2.05) is 6.92 Å². The van der Waals surface area contributed by atoms with Crippen molar-refractivity contribution in [3.63, 3.8) is 0 Å². The van der Waals surface area contributed by atoms with Gasteiger partial charge in [0.1, 0.15) is 0 Å². The molecule has 0 heterocycles. The zero-order valence-corrected chi connectivity index (χ0v) is 7.02. The van der Waals surface area contributed by atoms with E-state index in [9.17, 15) is 4.55 Å². The van der Waals surface area contributed by atoms with Crippen LogP contribution in [0, 0.1) is 6.92 Å². The number of rotatable bonds is 1. The van der Waals surface area contributed by atoms with Gasteiger partial charge >= 0.3 is 0 Å². The van der Waals surface area contributed by atoms with Crippen molar-refractivity contribution >= 4 is 17.0 Å². The Bertz CT molecular complexity index is 263. The molecule has 1 rings (SSSR count). The van der Waals surface area contributed by atoms with Gasteiger partial charge in [-0.3, -0.25) is 0 Å². The standard InChI is InChI=1S/C7H10N2OS/c1-5-4-6(11(9)10)2-3-7(5)8/h2-4H,8-9H2,1H3. The molecule has 0 radical (unpaired) electrons. The smallest absolute Gasteiger partial charge is 0.174 e. The number of nitrogen functional groups attached to an aromatic ring is 1. The third-order valence-corrected chi connectivity index (χ3v) is 2.19. The summed E-state index contributed by atoms with van der Waals surface area (Å²) >= 11 is -1.40. The summed E-state index contributed by atoms with van der Waals surface area (Å²) in [6, 6.07) is 5.10. The predicted octanol–water partition coefficient (Wildman–Crippen LogP) is 0.559. The molecule has 1 aromatic carbocycles. The second-order valence-corrected chi connectivity index (χ2v) is 3.38. The summed E-state index contributed by atoms with van der Waals surface area (Å²) in [5, 5.41) is 5.16. The van der Waals surface area contributed by atoms with Crippen molar-refractivity contribution in [2.24, 2.45) is 5.14 Å². The predicted molar refractivity (Wildman–Crippen MR) is 46.2 cm³/mol. The van der Waals surface area contributed by atoms with E-state index in [0.29, 0.717) is 10.6 Å². The molecule has 0 saturated heterocycles. The number of anilines is 1. The highest BCUT2D eigenvalue weighted by Crippen LogP contribution is 2.15. The molecule has 0 saturated carbocycles. The largest absolute Gasteiger partial charge is 0.593 e. The molecule has 60 valence electrons. The number of benzene rings is 1. The Morgan fingerprint density at radius 2 is 2.09 bits per heavy atom. The van der Waals surface area contributed by atoms with E-state index in [1.165, 1.54) is 0 Å². The van der Waals surface area contributed by atoms with Gasteiger partial charge in [0, 0.05) is 11.8 Å². The van der Waals surface area contributed by atoms with Crippen LogP contribution in [-0.4, -0.2) is 4.55 Å². The maximum atomic E-state index is 10.8. The highest BCUT2D eigenvalue weighted by Gasteiger charge is 2.05. The van der Waals surface area contributed by atoms with Gasteiger partial charge in [-0.15, -0.1) is 5.14 Å². The summed E-state index contributed by atoms with van der Waals surface area (Å²) in [6.45, 7) is 1.85.